The average Bonchev–Trinajstić information content (AvgIpc) is 2.85. The first kappa shape index (κ1) is 9.99. The van der Waals surface area contributed by atoms with Crippen LogP contribution in [0.1, 0.15) is 19.8 Å². The van der Waals surface area contributed by atoms with Crippen molar-refractivity contribution < 1.29 is 4.74 Å². The first-order valence-corrected chi connectivity index (χ1v) is 5.71. The third-order valence-electron chi connectivity index (χ3n) is 2.32. The van der Waals surface area contributed by atoms with Gasteiger partial charge in [0.2, 0.25) is 0 Å². The van der Waals surface area contributed by atoms with Crippen LogP contribution in [0, 0.1) is 0 Å². The van der Waals surface area contributed by atoms with Crippen LogP contribution in [0.2, 0.25) is 0 Å². The zero-order valence-electron chi connectivity index (χ0n) is 8.22. The number of halogens is 1. The number of hydrogen-bond donors (Lipinski definition) is 1. The zero-order valence-corrected chi connectivity index (χ0v) is 9.80. The van der Waals surface area contributed by atoms with E-state index in [4.69, 9.17) is 4.74 Å². The number of benzene rings is 1. The third kappa shape index (κ3) is 2.28. The molecule has 2 rings (SSSR count). The first-order chi connectivity index (χ1) is 6.74. The van der Waals surface area contributed by atoms with Crippen LogP contribution in [-0.2, 0) is 4.74 Å². The van der Waals surface area contributed by atoms with Crippen LogP contribution < -0.4 is 5.32 Å². The predicted octanol–water partition coefficient (Wildman–Crippen LogP) is 3.39. The predicted molar refractivity (Wildman–Crippen MR) is 61.4 cm³/mol. The molecule has 0 spiro atoms. The third-order valence-corrected chi connectivity index (χ3v) is 2.81. The highest BCUT2D eigenvalue weighted by Crippen LogP contribution is 2.40. The van der Waals surface area contributed by atoms with Gasteiger partial charge in [-0.3, -0.25) is 0 Å². The summed E-state index contributed by atoms with van der Waals surface area (Å²) in [6.45, 7) is 2.80. The Morgan fingerprint density at radius 1 is 1.50 bits per heavy atom. The highest BCUT2D eigenvalue weighted by atomic mass is 79.9. The van der Waals surface area contributed by atoms with Gasteiger partial charge in [0, 0.05) is 16.8 Å². The van der Waals surface area contributed by atoms with E-state index in [-0.39, 0.29) is 5.72 Å². The van der Waals surface area contributed by atoms with Crippen molar-refractivity contribution in [3.8, 4) is 0 Å². The summed E-state index contributed by atoms with van der Waals surface area (Å²) < 4.78 is 6.75. The quantitative estimate of drug-likeness (QED) is 0.834. The summed E-state index contributed by atoms with van der Waals surface area (Å²) in [6.07, 6.45) is 2.21. The van der Waals surface area contributed by atoms with Crippen LogP contribution in [0.4, 0.5) is 5.69 Å². The number of rotatable bonds is 4. The molecule has 0 aliphatic heterocycles. The van der Waals surface area contributed by atoms with E-state index in [0.717, 1.165) is 29.6 Å². The molecule has 0 heterocycles. The fourth-order valence-electron chi connectivity index (χ4n) is 1.52. The normalized spacial score (nSPS) is 17.9. The summed E-state index contributed by atoms with van der Waals surface area (Å²) in [4.78, 5) is 0. The Labute approximate surface area is 92.8 Å². The van der Waals surface area contributed by atoms with Crippen LogP contribution in [0.15, 0.2) is 28.7 Å². The molecule has 0 atom stereocenters. The largest absolute Gasteiger partial charge is 0.358 e. The summed E-state index contributed by atoms with van der Waals surface area (Å²) in [5.41, 5.74) is 1.04. The monoisotopic (exact) mass is 255 g/mol. The maximum Gasteiger partial charge on any atom is 0.139 e. The second-order valence-electron chi connectivity index (χ2n) is 3.56. The van der Waals surface area contributed by atoms with E-state index >= 15 is 0 Å². The highest BCUT2D eigenvalue weighted by Gasteiger charge is 2.43. The summed E-state index contributed by atoms with van der Waals surface area (Å²) in [7, 11) is 0. The molecule has 1 aromatic carbocycles. The number of nitrogens with one attached hydrogen (secondary N) is 1. The van der Waals surface area contributed by atoms with Gasteiger partial charge in [0.1, 0.15) is 5.72 Å². The molecule has 0 aromatic heterocycles. The number of anilines is 1. The van der Waals surface area contributed by atoms with Crippen molar-refractivity contribution in [2.75, 3.05) is 11.9 Å². The minimum absolute atomic E-state index is 0.0739. The molecule has 76 valence electrons. The van der Waals surface area contributed by atoms with E-state index in [2.05, 4.69) is 33.4 Å². The summed E-state index contributed by atoms with van der Waals surface area (Å²) in [6, 6.07) is 8.17. The van der Waals surface area contributed by atoms with Gasteiger partial charge in [-0.15, -0.1) is 0 Å². The summed E-state index contributed by atoms with van der Waals surface area (Å²) in [5, 5.41) is 3.42. The van der Waals surface area contributed by atoms with Crippen molar-refractivity contribution in [2.45, 2.75) is 25.5 Å². The van der Waals surface area contributed by atoms with Gasteiger partial charge in [0.25, 0.3) is 0 Å². The molecule has 1 aromatic rings. The lowest BCUT2D eigenvalue weighted by Gasteiger charge is -2.18. The van der Waals surface area contributed by atoms with E-state index in [1.165, 1.54) is 0 Å². The molecule has 1 N–H and O–H groups in total. The number of hydrogen-bond acceptors (Lipinski definition) is 2. The molecule has 1 fully saturated rings. The fourth-order valence-corrected chi connectivity index (χ4v) is 1.92. The molecule has 0 amide bonds. The van der Waals surface area contributed by atoms with Crippen LogP contribution >= 0.6 is 15.9 Å². The molecule has 1 aliphatic rings. The Morgan fingerprint density at radius 2 is 2.29 bits per heavy atom. The number of ether oxygens (including phenoxy) is 1. The molecule has 1 aliphatic carbocycles. The van der Waals surface area contributed by atoms with Gasteiger partial charge in [-0.25, -0.2) is 0 Å². The molecule has 14 heavy (non-hydrogen) atoms. The van der Waals surface area contributed by atoms with E-state index < -0.39 is 0 Å². The fraction of sp³-hybridized carbons (Fsp3) is 0.455. The highest BCUT2D eigenvalue weighted by molar-refractivity contribution is 9.10. The molecule has 2 nitrogen and oxygen atoms in total. The molecule has 0 saturated heterocycles. The first-order valence-electron chi connectivity index (χ1n) is 4.92. The molecule has 0 radical (unpaired) electrons. The van der Waals surface area contributed by atoms with Gasteiger partial charge in [0.15, 0.2) is 0 Å². The Bertz CT molecular complexity index is 323. The van der Waals surface area contributed by atoms with E-state index in [1.54, 1.807) is 0 Å². The maximum absolute atomic E-state index is 5.66. The topological polar surface area (TPSA) is 21.3 Å². The molecule has 0 bridgehead atoms. The SMILES string of the molecule is CCOC1(Nc2cccc(Br)c2)CC1. The maximum atomic E-state index is 5.66. The van der Waals surface area contributed by atoms with Crippen LogP contribution in [0.5, 0.6) is 0 Å². The van der Waals surface area contributed by atoms with Gasteiger partial charge < -0.3 is 10.1 Å². The van der Waals surface area contributed by atoms with Crippen molar-refractivity contribution in [1.29, 1.82) is 0 Å². The second kappa shape index (κ2) is 3.91. The van der Waals surface area contributed by atoms with Crippen molar-refractivity contribution >= 4 is 21.6 Å². The molecular weight excluding hydrogens is 242 g/mol. The van der Waals surface area contributed by atoms with Crippen molar-refractivity contribution in [1.82, 2.24) is 0 Å². The van der Waals surface area contributed by atoms with Crippen molar-refractivity contribution in [3.05, 3.63) is 28.7 Å². The Morgan fingerprint density at radius 3 is 2.86 bits per heavy atom. The van der Waals surface area contributed by atoms with Crippen molar-refractivity contribution in [2.24, 2.45) is 0 Å². The molecular formula is C11H14BrNO. The minimum atomic E-state index is -0.0739. The van der Waals surface area contributed by atoms with Crippen LogP contribution in [-0.4, -0.2) is 12.3 Å². The van der Waals surface area contributed by atoms with Gasteiger partial charge in [0.05, 0.1) is 0 Å². The molecule has 3 heteroatoms. The molecule has 1 saturated carbocycles. The van der Waals surface area contributed by atoms with Gasteiger partial charge >= 0.3 is 0 Å². The van der Waals surface area contributed by atoms with E-state index in [1.807, 2.05) is 19.1 Å². The Kier molecular flexibility index (Phi) is 2.79. The lowest BCUT2D eigenvalue weighted by molar-refractivity contribution is 0.0632. The van der Waals surface area contributed by atoms with E-state index in [9.17, 15) is 0 Å². The van der Waals surface area contributed by atoms with E-state index in [0.29, 0.717) is 0 Å². The lowest BCUT2D eigenvalue weighted by Crippen LogP contribution is -2.24. The second-order valence-corrected chi connectivity index (χ2v) is 4.48. The Hall–Kier alpha value is -0.540. The Balaban J connectivity index is 2.03. The smallest absolute Gasteiger partial charge is 0.139 e. The van der Waals surface area contributed by atoms with Crippen LogP contribution in [0.25, 0.3) is 0 Å². The molecule has 0 unspecified atom stereocenters. The summed E-state index contributed by atoms with van der Waals surface area (Å²) in [5.74, 6) is 0. The minimum Gasteiger partial charge on any atom is -0.358 e. The zero-order chi connectivity index (χ0) is 10.0. The van der Waals surface area contributed by atoms with Crippen LogP contribution in [0.3, 0.4) is 0 Å². The lowest BCUT2D eigenvalue weighted by atomic mass is 10.3. The van der Waals surface area contributed by atoms with Gasteiger partial charge in [-0.1, -0.05) is 22.0 Å². The van der Waals surface area contributed by atoms with Crippen molar-refractivity contribution in [3.63, 3.8) is 0 Å². The average molecular weight is 256 g/mol. The summed E-state index contributed by atoms with van der Waals surface area (Å²) >= 11 is 3.45. The van der Waals surface area contributed by atoms with Gasteiger partial charge in [-0.2, -0.15) is 0 Å². The van der Waals surface area contributed by atoms with Gasteiger partial charge in [-0.05, 0) is 38.0 Å². The standard InChI is InChI=1S/C11H14BrNO/c1-2-14-11(6-7-11)13-10-5-3-4-9(12)8-10/h3-5,8,13H,2,6-7H2,1H3.